The van der Waals surface area contributed by atoms with Crippen molar-refractivity contribution in [2.24, 2.45) is 0 Å². The van der Waals surface area contributed by atoms with Gasteiger partial charge in [0.15, 0.2) is 0 Å². The fraction of sp³-hybridized carbons (Fsp3) is 0.143. The Labute approximate surface area is 156 Å². The first-order valence-corrected chi connectivity index (χ1v) is 8.56. The van der Waals surface area contributed by atoms with E-state index in [4.69, 9.17) is 11.6 Å². The van der Waals surface area contributed by atoms with Gasteiger partial charge in [-0.2, -0.15) is 5.26 Å². The molecule has 0 bridgehead atoms. The third-order valence-electron chi connectivity index (χ3n) is 4.19. The quantitative estimate of drug-likeness (QED) is 0.721. The second-order valence-electron chi connectivity index (χ2n) is 6.24. The topological polar surface area (TPSA) is 66.0 Å². The van der Waals surface area contributed by atoms with Gasteiger partial charge in [0.2, 0.25) is 0 Å². The van der Waals surface area contributed by atoms with Crippen molar-refractivity contribution in [1.82, 2.24) is 4.57 Å². The van der Waals surface area contributed by atoms with Gasteiger partial charge in [-0.05, 0) is 24.1 Å². The van der Waals surface area contributed by atoms with Gasteiger partial charge in [-0.1, -0.05) is 61.8 Å². The van der Waals surface area contributed by atoms with Crippen LogP contribution in [-0.2, 0) is 0 Å². The van der Waals surface area contributed by atoms with Crippen molar-refractivity contribution in [2.45, 2.75) is 19.8 Å². The van der Waals surface area contributed by atoms with Crippen LogP contribution >= 0.6 is 11.6 Å². The summed E-state index contributed by atoms with van der Waals surface area (Å²) in [7, 11) is 0. The lowest BCUT2D eigenvalue weighted by molar-refractivity contribution is 0.459. The Kier molecular flexibility index (Phi) is 4.83. The van der Waals surface area contributed by atoms with Crippen LogP contribution in [0.15, 0.2) is 59.4 Å². The van der Waals surface area contributed by atoms with Crippen LogP contribution in [0, 0.1) is 11.3 Å². The zero-order valence-electron chi connectivity index (χ0n) is 14.4. The minimum Gasteiger partial charge on any atom is -0.506 e. The van der Waals surface area contributed by atoms with Gasteiger partial charge in [-0.3, -0.25) is 9.36 Å². The van der Waals surface area contributed by atoms with E-state index in [2.05, 4.69) is 6.07 Å². The first kappa shape index (κ1) is 17.8. The number of pyridine rings is 1. The van der Waals surface area contributed by atoms with E-state index in [-0.39, 0.29) is 28.4 Å². The summed E-state index contributed by atoms with van der Waals surface area (Å²) in [4.78, 5) is 13.3. The Hall–Kier alpha value is -3.03. The SMILES string of the molecule is CC(C)c1c(O)c(C#N)c(-c2ccccc2)n(-c2cccc(Cl)c2)c1=O. The summed E-state index contributed by atoms with van der Waals surface area (Å²) in [5.41, 5.74) is 1.46. The molecule has 3 rings (SSSR count). The van der Waals surface area contributed by atoms with Crippen LogP contribution in [0.3, 0.4) is 0 Å². The van der Waals surface area contributed by atoms with Crippen LogP contribution in [0.5, 0.6) is 5.75 Å². The van der Waals surface area contributed by atoms with E-state index in [1.165, 1.54) is 4.57 Å². The molecule has 0 aliphatic heterocycles. The lowest BCUT2D eigenvalue weighted by Gasteiger charge is -2.20. The lowest BCUT2D eigenvalue weighted by atomic mass is 9.96. The fourth-order valence-corrected chi connectivity index (χ4v) is 3.22. The minimum absolute atomic E-state index is 0.0690. The third kappa shape index (κ3) is 2.98. The number of benzene rings is 2. The van der Waals surface area contributed by atoms with Gasteiger partial charge in [0.25, 0.3) is 5.56 Å². The molecule has 0 aliphatic rings. The molecule has 2 aromatic carbocycles. The Morgan fingerprint density at radius 1 is 1.12 bits per heavy atom. The van der Waals surface area contributed by atoms with Crippen molar-refractivity contribution < 1.29 is 5.11 Å². The highest BCUT2D eigenvalue weighted by atomic mass is 35.5. The van der Waals surface area contributed by atoms with Gasteiger partial charge in [0.05, 0.1) is 16.9 Å². The van der Waals surface area contributed by atoms with E-state index in [0.29, 0.717) is 22.0 Å². The molecular weight excluding hydrogens is 348 g/mol. The fourth-order valence-electron chi connectivity index (χ4n) is 3.04. The van der Waals surface area contributed by atoms with Crippen molar-refractivity contribution in [2.75, 3.05) is 0 Å². The number of halogens is 1. The smallest absolute Gasteiger partial charge is 0.262 e. The number of nitriles is 1. The summed E-state index contributed by atoms with van der Waals surface area (Å²) in [6.45, 7) is 3.62. The van der Waals surface area contributed by atoms with Crippen LogP contribution in [0.1, 0.15) is 30.9 Å². The van der Waals surface area contributed by atoms with E-state index in [1.807, 2.05) is 32.0 Å². The molecule has 5 heteroatoms. The van der Waals surface area contributed by atoms with E-state index < -0.39 is 0 Å². The standard InChI is InChI=1S/C21H17ClN2O2/c1-13(2)18-20(25)17(12-23)19(14-7-4-3-5-8-14)24(21(18)26)16-10-6-9-15(22)11-16/h3-11,13,25H,1-2H3. The van der Waals surface area contributed by atoms with Crippen LogP contribution in [0.2, 0.25) is 5.02 Å². The van der Waals surface area contributed by atoms with Crippen molar-refractivity contribution in [3.8, 4) is 28.8 Å². The van der Waals surface area contributed by atoms with E-state index in [1.54, 1.807) is 36.4 Å². The molecule has 0 radical (unpaired) electrons. The first-order chi connectivity index (χ1) is 12.5. The molecular formula is C21H17ClN2O2. The second-order valence-corrected chi connectivity index (χ2v) is 6.68. The average Bonchev–Trinajstić information content (AvgIpc) is 2.61. The van der Waals surface area contributed by atoms with Crippen molar-refractivity contribution in [3.63, 3.8) is 0 Å². The third-order valence-corrected chi connectivity index (χ3v) is 4.42. The van der Waals surface area contributed by atoms with Gasteiger partial charge >= 0.3 is 0 Å². The number of aromatic hydroxyl groups is 1. The maximum Gasteiger partial charge on any atom is 0.262 e. The molecule has 4 nitrogen and oxygen atoms in total. The van der Waals surface area contributed by atoms with Crippen LogP contribution in [0.25, 0.3) is 16.9 Å². The summed E-state index contributed by atoms with van der Waals surface area (Å²) in [6, 6.07) is 18.0. The molecule has 0 spiro atoms. The monoisotopic (exact) mass is 364 g/mol. The number of rotatable bonds is 3. The van der Waals surface area contributed by atoms with Gasteiger partial charge in [-0.15, -0.1) is 0 Å². The van der Waals surface area contributed by atoms with Crippen molar-refractivity contribution >= 4 is 11.6 Å². The molecule has 26 heavy (non-hydrogen) atoms. The molecule has 0 amide bonds. The summed E-state index contributed by atoms with van der Waals surface area (Å²) in [5, 5.41) is 20.9. The van der Waals surface area contributed by atoms with E-state index >= 15 is 0 Å². The molecule has 0 saturated heterocycles. The zero-order valence-corrected chi connectivity index (χ0v) is 15.2. The maximum atomic E-state index is 13.3. The highest BCUT2D eigenvalue weighted by Gasteiger charge is 2.25. The normalized spacial score (nSPS) is 10.7. The predicted octanol–water partition coefficient (Wildman–Crippen LogP) is 4.86. The summed E-state index contributed by atoms with van der Waals surface area (Å²) in [5.74, 6) is -0.505. The lowest BCUT2D eigenvalue weighted by Crippen LogP contribution is -2.26. The van der Waals surface area contributed by atoms with E-state index in [9.17, 15) is 15.2 Å². The van der Waals surface area contributed by atoms with Crippen molar-refractivity contribution in [3.05, 3.63) is 81.1 Å². The van der Waals surface area contributed by atoms with Gasteiger partial charge in [0.1, 0.15) is 17.4 Å². The number of aromatic nitrogens is 1. The predicted molar refractivity (Wildman–Crippen MR) is 103 cm³/mol. The molecule has 1 aromatic heterocycles. The number of hydrogen-bond donors (Lipinski definition) is 1. The average molecular weight is 365 g/mol. The zero-order chi connectivity index (χ0) is 18.8. The Morgan fingerprint density at radius 3 is 2.38 bits per heavy atom. The number of hydrogen-bond acceptors (Lipinski definition) is 3. The first-order valence-electron chi connectivity index (χ1n) is 8.19. The molecule has 130 valence electrons. The molecule has 0 atom stereocenters. The maximum absolute atomic E-state index is 13.3. The van der Waals surface area contributed by atoms with E-state index in [0.717, 1.165) is 0 Å². The Balaban J connectivity index is 2.54. The van der Waals surface area contributed by atoms with Gasteiger partial charge in [0, 0.05) is 10.6 Å². The Bertz CT molecular complexity index is 1060. The summed E-state index contributed by atoms with van der Waals surface area (Å²) < 4.78 is 1.45. The minimum atomic E-state index is -0.363. The number of nitrogens with zero attached hydrogens (tertiary/aromatic N) is 2. The van der Waals surface area contributed by atoms with Crippen LogP contribution in [0.4, 0.5) is 0 Å². The Morgan fingerprint density at radius 2 is 1.81 bits per heavy atom. The van der Waals surface area contributed by atoms with Crippen molar-refractivity contribution in [1.29, 1.82) is 5.26 Å². The molecule has 0 unspecified atom stereocenters. The summed E-state index contributed by atoms with van der Waals surface area (Å²) >= 11 is 6.12. The molecule has 1 N–H and O–H groups in total. The highest BCUT2D eigenvalue weighted by molar-refractivity contribution is 6.30. The molecule has 1 heterocycles. The molecule has 0 saturated carbocycles. The summed E-state index contributed by atoms with van der Waals surface area (Å²) in [6.07, 6.45) is 0. The second kappa shape index (κ2) is 7.07. The van der Waals surface area contributed by atoms with Gasteiger partial charge in [-0.25, -0.2) is 0 Å². The van der Waals surface area contributed by atoms with Crippen LogP contribution in [-0.4, -0.2) is 9.67 Å². The highest BCUT2D eigenvalue weighted by Crippen LogP contribution is 2.35. The van der Waals surface area contributed by atoms with Crippen LogP contribution < -0.4 is 5.56 Å². The van der Waals surface area contributed by atoms with Gasteiger partial charge < -0.3 is 5.11 Å². The molecule has 3 aromatic rings. The molecule has 0 aliphatic carbocycles. The largest absolute Gasteiger partial charge is 0.506 e. The molecule has 0 fully saturated rings.